The van der Waals surface area contributed by atoms with Gasteiger partial charge in [0.1, 0.15) is 0 Å². The van der Waals surface area contributed by atoms with Crippen molar-refractivity contribution in [2.45, 2.75) is 0 Å². The Bertz CT molecular complexity index is 287. The molecule has 1 heterocycles. The molecule has 3 nitrogen and oxygen atoms in total. The van der Waals surface area contributed by atoms with E-state index in [4.69, 9.17) is 6.42 Å². The lowest BCUT2D eigenvalue weighted by Crippen LogP contribution is -2.07. The molecule has 0 bridgehead atoms. The second-order valence-electron chi connectivity index (χ2n) is 1.83. The van der Waals surface area contributed by atoms with Crippen LogP contribution < -0.4 is 5.32 Å². The summed E-state index contributed by atoms with van der Waals surface area (Å²) in [5.41, 5.74) is 0.656. The first-order chi connectivity index (χ1) is 5.33. The third-order valence-electron chi connectivity index (χ3n) is 1.07. The summed E-state index contributed by atoms with van der Waals surface area (Å²) in [4.78, 5) is 14.4. The molecule has 1 amide bonds. The van der Waals surface area contributed by atoms with Gasteiger partial charge in [-0.1, -0.05) is 0 Å². The first-order valence-corrected chi connectivity index (χ1v) is 3.00. The minimum absolute atomic E-state index is 0.448. The highest BCUT2D eigenvalue weighted by Gasteiger charge is 1.93. The van der Waals surface area contributed by atoms with Gasteiger partial charge in [-0.25, -0.2) is 0 Å². The number of anilines is 1. The predicted octanol–water partition coefficient (Wildman–Crippen LogP) is 0.653. The van der Waals surface area contributed by atoms with E-state index in [0.717, 1.165) is 0 Å². The summed E-state index contributed by atoms with van der Waals surface area (Å²) in [6.45, 7) is 0. The number of rotatable bonds is 1. The Morgan fingerprint density at radius 1 is 1.55 bits per heavy atom. The van der Waals surface area contributed by atoms with Crippen molar-refractivity contribution in [3.05, 3.63) is 24.5 Å². The zero-order chi connectivity index (χ0) is 8.10. The van der Waals surface area contributed by atoms with Crippen LogP contribution in [0.2, 0.25) is 0 Å². The maximum atomic E-state index is 10.6. The molecule has 1 N–H and O–H groups in total. The molecule has 0 saturated carbocycles. The number of amides is 1. The van der Waals surface area contributed by atoms with Crippen LogP contribution in [0.1, 0.15) is 0 Å². The average Bonchev–Trinajstić information content (AvgIpc) is 2.06. The minimum atomic E-state index is -0.448. The van der Waals surface area contributed by atoms with Crippen LogP contribution in [0.4, 0.5) is 5.69 Å². The zero-order valence-corrected chi connectivity index (χ0v) is 5.74. The lowest BCUT2D eigenvalue weighted by atomic mass is 10.4. The maximum Gasteiger partial charge on any atom is 0.300 e. The molecule has 11 heavy (non-hydrogen) atoms. The molecule has 0 spiro atoms. The number of hydrogen-bond acceptors (Lipinski definition) is 2. The highest BCUT2D eigenvalue weighted by Crippen LogP contribution is 2.01. The molecule has 1 aromatic heterocycles. The summed E-state index contributed by atoms with van der Waals surface area (Å²) in [6, 6.07) is 3.32. The number of pyridine rings is 1. The van der Waals surface area contributed by atoms with E-state index in [1.807, 2.05) is 5.92 Å². The molecular formula is C8H6N2O. The Morgan fingerprint density at radius 2 is 2.18 bits per heavy atom. The molecule has 1 aromatic rings. The predicted molar refractivity (Wildman–Crippen MR) is 41.7 cm³/mol. The van der Waals surface area contributed by atoms with Crippen LogP contribution >= 0.6 is 0 Å². The molecule has 0 aliphatic rings. The van der Waals surface area contributed by atoms with E-state index in [0.29, 0.717) is 5.69 Å². The van der Waals surface area contributed by atoms with Crippen LogP contribution in [0.25, 0.3) is 0 Å². The second-order valence-corrected chi connectivity index (χ2v) is 1.83. The summed E-state index contributed by atoms with van der Waals surface area (Å²) < 4.78 is 0. The quantitative estimate of drug-likeness (QED) is 0.591. The smallest absolute Gasteiger partial charge is 0.300 e. The standard InChI is InChI=1S/C8H6N2O/c1-2-8(11)10-7-3-5-9-6-4-7/h1,3-6H,(H,9,10,11). The van der Waals surface area contributed by atoms with Crippen LogP contribution in [-0.4, -0.2) is 10.9 Å². The highest BCUT2D eigenvalue weighted by molar-refractivity contribution is 6.03. The number of nitrogens with zero attached hydrogens (tertiary/aromatic N) is 1. The molecule has 0 atom stereocenters. The van der Waals surface area contributed by atoms with Crippen molar-refractivity contribution in [3.8, 4) is 12.3 Å². The minimum Gasteiger partial charge on any atom is -0.315 e. The summed E-state index contributed by atoms with van der Waals surface area (Å²) in [7, 11) is 0. The molecule has 3 heteroatoms. The fraction of sp³-hybridized carbons (Fsp3) is 0. The number of nitrogens with one attached hydrogen (secondary N) is 1. The van der Waals surface area contributed by atoms with Crippen LogP contribution in [0.15, 0.2) is 24.5 Å². The van der Waals surface area contributed by atoms with Gasteiger partial charge in [-0.05, 0) is 18.1 Å². The third kappa shape index (κ3) is 2.11. The van der Waals surface area contributed by atoms with Crippen molar-refractivity contribution in [2.24, 2.45) is 0 Å². The van der Waals surface area contributed by atoms with Crippen molar-refractivity contribution >= 4 is 11.6 Å². The Balaban J connectivity index is 2.67. The van der Waals surface area contributed by atoms with Crippen LogP contribution in [0.5, 0.6) is 0 Å². The van der Waals surface area contributed by atoms with Crippen molar-refractivity contribution in [1.29, 1.82) is 0 Å². The Morgan fingerprint density at radius 3 is 2.73 bits per heavy atom. The van der Waals surface area contributed by atoms with Gasteiger partial charge in [0.25, 0.3) is 5.91 Å². The van der Waals surface area contributed by atoms with Gasteiger partial charge < -0.3 is 5.32 Å². The molecule has 0 radical (unpaired) electrons. The molecule has 0 aliphatic carbocycles. The van der Waals surface area contributed by atoms with Gasteiger partial charge in [-0.15, -0.1) is 6.42 Å². The Hall–Kier alpha value is -1.82. The van der Waals surface area contributed by atoms with Crippen molar-refractivity contribution in [3.63, 3.8) is 0 Å². The van der Waals surface area contributed by atoms with Gasteiger partial charge >= 0.3 is 0 Å². The number of aromatic nitrogens is 1. The van der Waals surface area contributed by atoms with Crippen LogP contribution in [0, 0.1) is 12.3 Å². The molecule has 0 aromatic carbocycles. The Kier molecular flexibility index (Phi) is 2.24. The molecule has 0 aliphatic heterocycles. The summed E-state index contributed by atoms with van der Waals surface area (Å²) >= 11 is 0. The summed E-state index contributed by atoms with van der Waals surface area (Å²) in [5.74, 6) is 1.50. The first-order valence-electron chi connectivity index (χ1n) is 3.00. The fourth-order valence-electron chi connectivity index (χ4n) is 0.602. The largest absolute Gasteiger partial charge is 0.315 e. The lowest BCUT2D eigenvalue weighted by Gasteiger charge is -1.97. The molecule has 54 valence electrons. The topological polar surface area (TPSA) is 42.0 Å². The monoisotopic (exact) mass is 146 g/mol. The van der Waals surface area contributed by atoms with Gasteiger partial charge in [-0.3, -0.25) is 9.78 Å². The number of carbonyl (C=O) groups excluding carboxylic acids is 1. The molecule has 0 unspecified atom stereocenters. The van der Waals surface area contributed by atoms with E-state index in [9.17, 15) is 4.79 Å². The van der Waals surface area contributed by atoms with Crippen molar-refractivity contribution < 1.29 is 4.79 Å². The van der Waals surface area contributed by atoms with Gasteiger partial charge in [0.2, 0.25) is 0 Å². The van der Waals surface area contributed by atoms with Gasteiger partial charge in [0.05, 0.1) is 0 Å². The number of hydrogen-bond donors (Lipinski definition) is 1. The van der Waals surface area contributed by atoms with Gasteiger partial charge in [0, 0.05) is 18.1 Å². The first kappa shape index (κ1) is 7.29. The molecule has 0 saturated heterocycles. The zero-order valence-electron chi connectivity index (χ0n) is 5.74. The second kappa shape index (κ2) is 3.37. The average molecular weight is 146 g/mol. The van der Waals surface area contributed by atoms with Gasteiger partial charge in [-0.2, -0.15) is 0 Å². The van der Waals surface area contributed by atoms with Crippen molar-refractivity contribution in [1.82, 2.24) is 4.98 Å². The van der Waals surface area contributed by atoms with Crippen LogP contribution in [-0.2, 0) is 4.79 Å². The Labute approximate surface area is 64.5 Å². The molecular weight excluding hydrogens is 140 g/mol. The number of carbonyl (C=O) groups is 1. The SMILES string of the molecule is C#CC(=O)Nc1ccncc1. The lowest BCUT2D eigenvalue weighted by molar-refractivity contribution is -0.111. The maximum absolute atomic E-state index is 10.6. The van der Waals surface area contributed by atoms with E-state index in [1.165, 1.54) is 0 Å². The van der Waals surface area contributed by atoms with Gasteiger partial charge in [0.15, 0.2) is 0 Å². The van der Waals surface area contributed by atoms with E-state index >= 15 is 0 Å². The summed E-state index contributed by atoms with van der Waals surface area (Å²) in [6.07, 6.45) is 7.99. The molecule has 0 fully saturated rings. The summed E-state index contributed by atoms with van der Waals surface area (Å²) in [5, 5.41) is 2.48. The van der Waals surface area contributed by atoms with E-state index in [-0.39, 0.29) is 0 Å². The van der Waals surface area contributed by atoms with Crippen LogP contribution in [0.3, 0.4) is 0 Å². The normalized spacial score (nSPS) is 8.27. The highest BCUT2D eigenvalue weighted by atomic mass is 16.1. The molecule has 1 rings (SSSR count). The fourth-order valence-corrected chi connectivity index (χ4v) is 0.602. The van der Waals surface area contributed by atoms with E-state index < -0.39 is 5.91 Å². The van der Waals surface area contributed by atoms with Crippen molar-refractivity contribution in [2.75, 3.05) is 5.32 Å². The van der Waals surface area contributed by atoms with E-state index in [1.54, 1.807) is 24.5 Å². The third-order valence-corrected chi connectivity index (χ3v) is 1.07. The van der Waals surface area contributed by atoms with E-state index in [2.05, 4.69) is 10.3 Å². The number of terminal acetylenes is 1.